The zero-order valence-electron chi connectivity index (χ0n) is 27.8. The zero-order chi connectivity index (χ0) is 35.2. The molecule has 2 fully saturated rings. The Hall–Kier alpha value is -4.80. The number of imide groups is 1. The van der Waals surface area contributed by atoms with Crippen molar-refractivity contribution in [2.75, 3.05) is 70.3 Å². The lowest BCUT2D eigenvalue weighted by molar-refractivity contribution is -0.120. The number of anilines is 3. The SMILES string of the molecule is COc1cc(Nc2c(C#N)cnc3cc(OCCCN4CCN(Cc5ccccc5N5CCC(=O)NC5=O)CC4)c(OC)cc23)c(Cl)cc1Cl. The summed E-state index contributed by atoms with van der Waals surface area (Å²) in [5, 5.41) is 16.9. The Morgan fingerprint density at radius 2 is 1.70 bits per heavy atom. The number of ether oxygens (including phenoxy) is 3. The van der Waals surface area contributed by atoms with Crippen molar-refractivity contribution in [1.82, 2.24) is 20.1 Å². The van der Waals surface area contributed by atoms with Gasteiger partial charge in [0.15, 0.2) is 11.5 Å². The number of carbonyl (C=O) groups excluding carboxylic acids is 2. The highest BCUT2D eigenvalue weighted by molar-refractivity contribution is 6.37. The average molecular weight is 719 g/mol. The van der Waals surface area contributed by atoms with E-state index in [4.69, 9.17) is 37.4 Å². The number of nitrogens with one attached hydrogen (secondary N) is 2. The van der Waals surface area contributed by atoms with E-state index in [1.165, 1.54) is 13.3 Å². The molecule has 14 heteroatoms. The molecule has 0 radical (unpaired) electrons. The molecule has 0 unspecified atom stereocenters. The van der Waals surface area contributed by atoms with Crippen LogP contribution < -0.4 is 29.7 Å². The van der Waals surface area contributed by atoms with E-state index in [1.807, 2.05) is 30.3 Å². The molecular formula is C36H37Cl2N7O5. The van der Waals surface area contributed by atoms with Crippen LogP contribution in [0.1, 0.15) is 24.0 Å². The topological polar surface area (TPSA) is 132 Å². The minimum absolute atomic E-state index is 0.237. The summed E-state index contributed by atoms with van der Waals surface area (Å²) in [6, 6.07) is 16.6. The van der Waals surface area contributed by atoms with Crippen LogP contribution in [-0.4, -0.2) is 86.8 Å². The molecule has 3 amide bonds. The predicted octanol–water partition coefficient (Wildman–Crippen LogP) is 6.21. The van der Waals surface area contributed by atoms with Gasteiger partial charge in [-0.2, -0.15) is 5.26 Å². The molecule has 2 saturated heterocycles. The molecule has 0 bridgehead atoms. The summed E-state index contributed by atoms with van der Waals surface area (Å²) in [6.45, 7) is 6.13. The van der Waals surface area contributed by atoms with Crippen molar-refractivity contribution in [2.45, 2.75) is 19.4 Å². The Balaban J connectivity index is 1.05. The number of para-hydroxylation sites is 1. The summed E-state index contributed by atoms with van der Waals surface area (Å²) < 4.78 is 17.2. The minimum atomic E-state index is -0.367. The zero-order valence-corrected chi connectivity index (χ0v) is 29.3. The van der Waals surface area contributed by atoms with E-state index in [9.17, 15) is 14.9 Å². The van der Waals surface area contributed by atoms with Crippen molar-refractivity contribution in [3.63, 3.8) is 0 Å². The standard InChI is InChI=1S/C36H37Cl2N7O5/c1-48-31-19-29(26(37)17-27(31)38)41-35-24(20-39)21-40-28-18-33(32(49-2)16-25(28)35)50-15-5-9-43-11-13-44(14-12-43)22-23-6-3-4-7-30(23)45-10-8-34(46)42-36(45)47/h3-4,6-7,16-19,21H,5,8-15,22H2,1-2H3,(H,40,41)(H,42,46,47). The normalized spacial score (nSPS) is 15.5. The van der Waals surface area contributed by atoms with Crippen LogP contribution in [0.25, 0.3) is 10.9 Å². The number of hydrogen-bond donors (Lipinski definition) is 2. The van der Waals surface area contributed by atoms with Crippen LogP contribution in [0, 0.1) is 11.3 Å². The first-order valence-electron chi connectivity index (χ1n) is 16.3. The van der Waals surface area contributed by atoms with Crippen molar-refractivity contribution in [1.29, 1.82) is 5.26 Å². The van der Waals surface area contributed by atoms with Crippen molar-refractivity contribution >= 4 is 63.1 Å². The second-order valence-electron chi connectivity index (χ2n) is 12.0. The average Bonchev–Trinajstić information content (AvgIpc) is 3.12. The highest BCUT2D eigenvalue weighted by Gasteiger charge is 2.27. The fraction of sp³-hybridized carbons (Fsp3) is 0.333. The van der Waals surface area contributed by atoms with E-state index in [-0.39, 0.29) is 11.9 Å². The van der Waals surface area contributed by atoms with Gasteiger partial charge in [0, 0.05) is 81.6 Å². The summed E-state index contributed by atoms with van der Waals surface area (Å²) in [7, 11) is 3.09. The van der Waals surface area contributed by atoms with E-state index >= 15 is 0 Å². The van der Waals surface area contributed by atoms with Crippen molar-refractivity contribution in [3.05, 3.63) is 75.9 Å². The molecule has 1 aromatic heterocycles. The number of aromatic nitrogens is 1. The number of pyridine rings is 1. The lowest BCUT2D eigenvalue weighted by Gasteiger charge is -2.36. The third-order valence-corrected chi connectivity index (χ3v) is 9.45. The molecule has 2 aliphatic heterocycles. The van der Waals surface area contributed by atoms with Gasteiger partial charge < -0.3 is 24.4 Å². The maximum Gasteiger partial charge on any atom is 0.328 e. The second-order valence-corrected chi connectivity index (χ2v) is 12.8. The molecule has 6 rings (SSSR count). The molecular weight excluding hydrogens is 681 g/mol. The summed E-state index contributed by atoms with van der Waals surface area (Å²) in [5.74, 6) is 1.28. The monoisotopic (exact) mass is 717 g/mol. The van der Waals surface area contributed by atoms with Gasteiger partial charge in [-0.25, -0.2) is 4.79 Å². The number of methoxy groups -OCH3 is 2. The number of halogens is 2. The molecule has 2 aliphatic rings. The highest BCUT2D eigenvalue weighted by Crippen LogP contribution is 2.40. The number of hydrogen-bond acceptors (Lipinski definition) is 10. The maximum absolute atomic E-state index is 12.5. The molecule has 2 N–H and O–H groups in total. The molecule has 3 aromatic carbocycles. The Kier molecular flexibility index (Phi) is 11.1. The van der Waals surface area contributed by atoms with Crippen molar-refractivity contribution in [3.8, 4) is 23.3 Å². The van der Waals surface area contributed by atoms with Gasteiger partial charge in [0.1, 0.15) is 11.8 Å². The van der Waals surface area contributed by atoms with E-state index in [1.54, 1.807) is 30.2 Å². The summed E-state index contributed by atoms with van der Waals surface area (Å²) >= 11 is 12.7. The van der Waals surface area contributed by atoms with Gasteiger partial charge in [-0.3, -0.25) is 24.9 Å². The van der Waals surface area contributed by atoms with Crippen LogP contribution >= 0.6 is 23.2 Å². The molecule has 260 valence electrons. The van der Waals surface area contributed by atoms with Gasteiger partial charge in [-0.15, -0.1) is 0 Å². The van der Waals surface area contributed by atoms with Crippen LogP contribution in [0.15, 0.2) is 54.7 Å². The van der Waals surface area contributed by atoms with E-state index in [0.717, 1.165) is 56.9 Å². The van der Waals surface area contributed by atoms with E-state index in [0.29, 0.717) is 74.7 Å². The molecule has 0 spiro atoms. The van der Waals surface area contributed by atoms with Gasteiger partial charge in [0.25, 0.3) is 0 Å². The Morgan fingerprint density at radius 1 is 0.940 bits per heavy atom. The maximum atomic E-state index is 12.5. The first kappa shape index (κ1) is 35.0. The van der Waals surface area contributed by atoms with Gasteiger partial charge in [-0.05, 0) is 30.2 Å². The molecule has 0 atom stereocenters. The van der Waals surface area contributed by atoms with Crippen LogP contribution in [0.5, 0.6) is 17.2 Å². The Bertz CT molecular complexity index is 1940. The molecule has 0 aliphatic carbocycles. The smallest absolute Gasteiger partial charge is 0.328 e. The lowest BCUT2D eigenvalue weighted by Crippen LogP contribution is -2.50. The van der Waals surface area contributed by atoms with Crippen LogP contribution in [0.2, 0.25) is 10.0 Å². The Morgan fingerprint density at radius 3 is 2.44 bits per heavy atom. The molecule has 4 aromatic rings. The predicted molar refractivity (Wildman–Crippen MR) is 193 cm³/mol. The number of rotatable bonds is 12. The number of piperazine rings is 1. The largest absolute Gasteiger partial charge is 0.495 e. The van der Waals surface area contributed by atoms with Crippen LogP contribution in [0.3, 0.4) is 0 Å². The first-order chi connectivity index (χ1) is 24.3. The molecule has 3 heterocycles. The first-order valence-corrected chi connectivity index (χ1v) is 17.0. The van der Waals surface area contributed by atoms with Crippen LogP contribution in [0.4, 0.5) is 21.9 Å². The number of carbonyl (C=O) groups is 2. The third kappa shape index (κ3) is 7.82. The number of fused-ring (bicyclic) bond motifs is 1. The number of urea groups is 1. The molecule has 50 heavy (non-hydrogen) atoms. The Labute approximate surface area is 300 Å². The van der Waals surface area contributed by atoms with E-state index in [2.05, 4.69) is 31.5 Å². The van der Waals surface area contributed by atoms with Gasteiger partial charge in [0.05, 0.1) is 53.3 Å². The number of amides is 3. The number of nitrogens with zero attached hydrogens (tertiary/aromatic N) is 5. The van der Waals surface area contributed by atoms with Crippen molar-refractivity contribution < 1.29 is 23.8 Å². The molecule has 12 nitrogen and oxygen atoms in total. The quantitative estimate of drug-likeness (QED) is 0.163. The summed E-state index contributed by atoms with van der Waals surface area (Å²) in [5.41, 5.74) is 3.90. The van der Waals surface area contributed by atoms with Gasteiger partial charge in [0.2, 0.25) is 5.91 Å². The van der Waals surface area contributed by atoms with E-state index < -0.39 is 0 Å². The van der Waals surface area contributed by atoms with Gasteiger partial charge >= 0.3 is 6.03 Å². The number of benzene rings is 3. The third-order valence-electron chi connectivity index (χ3n) is 8.85. The van der Waals surface area contributed by atoms with Gasteiger partial charge in [-0.1, -0.05) is 41.4 Å². The molecule has 0 saturated carbocycles. The summed E-state index contributed by atoms with van der Waals surface area (Å²) in [6.07, 6.45) is 2.62. The second kappa shape index (κ2) is 15.8. The lowest BCUT2D eigenvalue weighted by atomic mass is 10.1. The van der Waals surface area contributed by atoms with Crippen molar-refractivity contribution in [2.24, 2.45) is 0 Å². The highest BCUT2D eigenvalue weighted by atomic mass is 35.5. The number of nitriles is 1. The fourth-order valence-corrected chi connectivity index (χ4v) is 6.70. The minimum Gasteiger partial charge on any atom is -0.495 e. The van der Waals surface area contributed by atoms with Crippen LogP contribution in [-0.2, 0) is 11.3 Å². The summed E-state index contributed by atoms with van der Waals surface area (Å²) in [4.78, 5) is 35.1. The fourth-order valence-electron chi connectivity index (χ4n) is 6.19.